The summed E-state index contributed by atoms with van der Waals surface area (Å²) in [6.45, 7) is 0. The van der Waals surface area contributed by atoms with E-state index < -0.39 is 0 Å². The molecule has 0 saturated carbocycles. The SMILES string of the molecule is COc1ccccc1C1c2c(OC)cccc2-c2c1c(OC)cc1ccccc21. The lowest BCUT2D eigenvalue weighted by Gasteiger charge is -2.21. The Kier molecular flexibility index (Phi) is 4.17. The van der Waals surface area contributed by atoms with Crippen LogP contribution in [0.1, 0.15) is 22.6 Å². The van der Waals surface area contributed by atoms with Crippen molar-refractivity contribution in [3.63, 3.8) is 0 Å². The standard InChI is InChI=1S/C26H22O3/c1-27-20-13-7-6-11-18(20)25-24-19(12-8-14-21(24)28-2)23-17-10-5-4-9-16(17)15-22(29-3)26(23)25/h4-15,25H,1-3H3. The molecule has 0 N–H and O–H groups in total. The fraction of sp³-hybridized carbons (Fsp3) is 0.154. The number of hydrogen-bond acceptors (Lipinski definition) is 3. The molecular weight excluding hydrogens is 360 g/mol. The molecule has 5 rings (SSSR count). The molecule has 0 aliphatic heterocycles. The molecule has 29 heavy (non-hydrogen) atoms. The van der Waals surface area contributed by atoms with E-state index in [9.17, 15) is 0 Å². The van der Waals surface area contributed by atoms with Crippen molar-refractivity contribution < 1.29 is 14.2 Å². The molecule has 1 aliphatic rings. The molecule has 4 aromatic carbocycles. The van der Waals surface area contributed by atoms with E-state index in [1.165, 1.54) is 16.5 Å². The Bertz CT molecular complexity index is 1230. The molecule has 1 unspecified atom stereocenters. The molecule has 0 aromatic heterocycles. The molecule has 3 nitrogen and oxygen atoms in total. The molecule has 1 aliphatic carbocycles. The Balaban J connectivity index is 1.96. The van der Waals surface area contributed by atoms with Crippen molar-refractivity contribution in [2.45, 2.75) is 5.92 Å². The largest absolute Gasteiger partial charge is 0.496 e. The van der Waals surface area contributed by atoms with Crippen LogP contribution in [0.3, 0.4) is 0 Å². The van der Waals surface area contributed by atoms with Crippen LogP contribution < -0.4 is 14.2 Å². The maximum atomic E-state index is 5.91. The van der Waals surface area contributed by atoms with Gasteiger partial charge in [0.15, 0.2) is 0 Å². The lowest BCUT2D eigenvalue weighted by atomic mass is 9.87. The first-order valence-corrected chi connectivity index (χ1v) is 9.68. The normalized spacial score (nSPS) is 14.4. The third kappa shape index (κ3) is 2.51. The zero-order valence-corrected chi connectivity index (χ0v) is 16.7. The highest BCUT2D eigenvalue weighted by atomic mass is 16.5. The van der Waals surface area contributed by atoms with E-state index >= 15 is 0 Å². The fourth-order valence-corrected chi connectivity index (χ4v) is 4.68. The molecule has 4 aromatic rings. The molecule has 0 amide bonds. The number of para-hydroxylation sites is 1. The van der Waals surface area contributed by atoms with Gasteiger partial charge in [0.05, 0.1) is 21.3 Å². The van der Waals surface area contributed by atoms with Crippen LogP contribution in [0.25, 0.3) is 21.9 Å². The van der Waals surface area contributed by atoms with E-state index in [1.54, 1.807) is 21.3 Å². The highest BCUT2D eigenvalue weighted by Crippen LogP contribution is 2.57. The Labute approximate surface area is 170 Å². The average molecular weight is 382 g/mol. The van der Waals surface area contributed by atoms with Crippen molar-refractivity contribution in [1.82, 2.24) is 0 Å². The highest BCUT2D eigenvalue weighted by Gasteiger charge is 2.38. The minimum Gasteiger partial charge on any atom is -0.496 e. The topological polar surface area (TPSA) is 27.7 Å². The van der Waals surface area contributed by atoms with E-state index in [0.29, 0.717) is 0 Å². The number of ether oxygens (including phenoxy) is 3. The summed E-state index contributed by atoms with van der Waals surface area (Å²) < 4.78 is 17.5. The molecule has 0 bridgehead atoms. The number of benzene rings is 4. The molecule has 3 heteroatoms. The molecule has 0 heterocycles. The summed E-state index contributed by atoms with van der Waals surface area (Å²) >= 11 is 0. The first-order chi connectivity index (χ1) is 14.3. The van der Waals surface area contributed by atoms with Crippen LogP contribution in [0.2, 0.25) is 0 Å². The van der Waals surface area contributed by atoms with Gasteiger partial charge in [0.2, 0.25) is 0 Å². The third-order valence-electron chi connectivity index (χ3n) is 5.85. The number of methoxy groups -OCH3 is 3. The van der Waals surface area contributed by atoms with Crippen molar-refractivity contribution in [2.24, 2.45) is 0 Å². The highest BCUT2D eigenvalue weighted by molar-refractivity contribution is 6.04. The van der Waals surface area contributed by atoms with Gasteiger partial charge in [-0.05, 0) is 40.1 Å². The molecule has 1 atom stereocenters. The summed E-state index contributed by atoms with van der Waals surface area (Å²) in [6, 6.07) is 25.1. The summed E-state index contributed by atoms with van der Waals surface area (Å²) in [5.41, 5.74) is 5.82. The van der Waals surface area contributed by atoms with Crippen molar-refractivity contribution >= 4 is 10.8 Å². The monoisotopic (exact) mass is 382 g/mol. The summed E-state index contributed by atoms with van der Waals surface area (Å²) in [5.74, 6) is 2.58. The lowest BCUT2D eigenvalue weighted by Crippen LogP contribution is -2.05. The van der Waals surface area contributed by atoms with Gasteiger partial charge in [-0.1, -0.05) is 54.6 Å². The predicted octanol–water partition coefficient (Wildman–Crippen LogP) is 6.03. The van der Waals surface area contributed by atoms with Gasteiger partial charge in [0.1, 0.15) is 17.2 Å². The second-order valence-electron chi connectivity index (χ2n) is 7.19. The van der Waals surface area contributed by atoms with Crippen molar-refractivity contribution in [1.29, 1.82) is 0 Å². The maximum Gasteiger partial charge on any atom is 0.124 e. The predicted molar refractivity (Wildman–Crippen MR) is 116 cm³/mol. The van der Waals surface area contributed by atoms with Gasteiger partial charge in [-0.15, -0.1) is 0 Å². The van der Waals surface area contributed by atoms with Crippen LogP contribution in [-0.4, -0.2) is 21.3 Å². The molecule has 0 radical (unpaired) electrons. The Hall–Kier alpha value is -3.46. The van der Waals surface area contributed by atoms with Crippen molar-refractivity contribution in [2.75, 3.05) is 21.3 Å². The number of rotatable bonds is 4. The van der Waals surface area contributed by atoms with Gasteiger partial charge < -0.3 is 14.2 Å². The van der Waals surface area contributed by atoms with Crippen LogP contribution in [0.4, 0.5) is 0 Å². The van der Waals surface area contributed by atoms with Crippen LogP contribution in [0.5, 0.6) is 17.2 Å². The molecular formula is C26H22O3. The van der Waals surface area contributed by atoms with Crippen LogP contribution >= 0.6 is 0 Å². The summed E-state index contributed by atoms with van der Waals surface area (Å²) in [4.78, 5) is 0. The molecule has 0 spiro atoms. The average Bonchev–Trinajstić information content (AvgIpc) is 3.14. The van der Waals surface area contributed by atoms with Gasteiger partial charge in [0.25, 0.3) is 0 Å². The molecule has 0 fully saturated rings. The van der Waals surface area contributed by atoms with E-state index in [-0.39, 0.29) is 5.92 Å². The van der Waals surface area contributed by atoms with Crippen molar-refractivity contribution in [3.05, 3.63) is 89.5 Å². The van der Waals surface area contributed by atoms with Gasteiger partial charge in [-0.2, -0.15) is 0 Å². The Morgan fingerprint density at radius 2 is 1.31 bits per heavy atom. The van der Waals surface area contributed by atoms with Crippen LogP contribution in [0, 0.1) is 0 Å². The zero-order valence-electron chi connectivity index (χ0n) is 16.7. The van der Waals surface area contributed by atoms with Crippen molar-refractivity contribution in [3.8, 4) is 28.4 Å². The second kappa shape index (κ2) is 6.85. The molecule has 0 saturated heterocycles. The van der Waals surface area contributed by atoms with Gasteiger partial charge in [0, 0.05) is 22.6 Å². The lowest BCUT2D eigenvalue weighted by molar-refractivity contribution is 0.398. The second-order valence-corrected chi connectivity index (χ2v) is 7.19. The maximum absolute atomic E-state index is 5.91. The minimum absolute atomic E-state index is 0.0353. The molecule has 144 valence electrons. The summed E-state index contributed by atoms with van der Waals surface area (Å²) in [5, 5.41) is 2.38. The Morgan fingerprint density at radius 1 is 0.621 bits per heavy atom. The summed E-state index contributed by atoms with van der Waals surface area (Å²) in [6.07, 6.45) is 0. The van der Waals surface area contributed by atoms with Gasteiger partial charge in [-0.3, -0.25) is 0 Å². The van der Waals surface area contributed by atoms with Gasteiger partial charge in [-0.25, -0.2) is 0 Å². The minimum atomic E-state index is -0.0353. The van der Waals surface area contributed by atoms with E-state index in [2.05, 4.69) is 54.6 Å². The first kappa shape index (κ1) is 17.6. The third-order valence-corrected chi connectivity index (χ3v) is 5.85. The Morgan fingerprint density at radius 3 is 2.10 bits per heavy atom. The van der Waals surface area contributed by atoms with E-state index in [4.69, 9.17) is 14.2 Å². The van der Waals surface area contributed by atoms with Gasteiger partial charge >= 0.3 is 0 Å². The number of fused-ring (bicyclic) bond motifs is 5. The number of hydrogen-bond donors (Lipinski definition) is 0. The van der Waals surface area contributed by atoms with Crippen LogP contribution in [0.15, 0.2) is 72.8 Å². The smallest absolute Gasteiger partial charge is 0.124 e. The first-order valence-electron chi connectivity index (χ1n) is 9.68. The van der Waals surface area contributed by atoms with Crippen LogP contribution in [-0.2, 0) is 0 Å². The quantitative estimate of drug-likeness (QED) is 0.380. The summed E-state index contributed by atoms with van der Waals surface area (Å²) in [7, 11) is 5.19. The van der Waals surface area contributed by atoms with E-state index in [1.807, 2.05) is 18.2 Å². The fourth-order valence-electron chi connectivity index (χ4n) is 4.68. The zero-order chi connectivity index (χ0) is 20.0. The van der Waals surface area contributed by atoms with E-state index in [0.717, 1.165) is 39.3 Å².